The number of rotatable bonds is 7. The van der Waals surface area contributed by atoms with E-state index in [-0.39, 0.29) is 25.2 Å². The number of nitrogens with two attached hydrogens (primary N) is 1. The monoisotopic (exact) mass is 254 g/mol. The van der Waals surface area contributed by atoms with Crippen molar-refractivity contribution < 1.29 is 19.1 Å². The fourth-order valence-corrected chi connectivity index (χ4v) is 1.49. The van der Waals surface area contributed by atoms with Crippen LogP contribution < -0.4 is 11.1 Å². The van der Waals surface area contributed by atoms with Crippen LogP contribution in [-0.2, 0) is 16.1 Å². The topological polar surface area (TPSA) is 92.4 Å². The molecule has 0 heterocycles. The van der Waals surface area contributed by atoms with Crippen molar-refractivity contribution in [3.63, 3.8) is 0 Å². The van der Waals surface area contributed by atoms with Crippen LogP contribution in [0.2, 0.25) is 0 Å². The number of carboxylic acid groups (broad SMARTS) is 1. The number of carbonyl (C=O) groups excluding carboxylic acids is 1. The number of halogens is 1. The maximum atomic E-state index is 13.3. The Morgan fingerprint density at radius 2 is 2.06 bits per heavy atom. The number of primary amides is 1. The maximum Gasteiger partial charge on any atom is 0.303 e. The van der Waals surface area contributed by atoms with Gasteiger partial charge in [-0.15, -0.1) is 0 Å². The third-order valence-corrected chi connectivity index (χ3v) is 2.49. The van der Waals surface area contributed by atoms with E-state index in [1.165, 1.54) is 6.07 Å². The molecule has 1 aromatic rings. The summed E-state index contributed by atoms with van der Waals surface area (Å²) in [5, 5.41) is 11.3. The van der Waals surface area contributed by atoms with Crippen molar-refractivity contribution in [1.29, 1.82) is 0 Å². The Labute approximate surface area is 104 Å². The van der Waals surface area contributed by atoms with Crippen LogP contribution >= 0.6 is 0 Å². The van der Waals surface area contributed by atoms with Gasteiger partial charge in [-0.2, -0.15) is 0 Å². The van der Waals surface area contributed by atoms with Crippen LogP contribution in [0.1, 0.15) is 18.4 Å². The van der Waals surface area contributed by atoms with E-state index in [4.69, 9.17) is 10.8 Å². The molecule has 1 amide bonds. The largest absolute Gasteiger partial charge is 0.481 e. The SMILES string of the molecule is NC(=O)[C@H](CCC(=O)O)NCc1ccccc1F. The van der Waals surface area contributed by atoms with E-state index in [1.54, 1.807) is 18.2 Å². The van der Waals surface area contributed by atoms with Gasteiger partial charge in [0.1, 0.15) is 5.82 Å². The normalized spacial score (nSPS) is 12.1. The molecule has 1 aromatic carbocycles. The first-order valence-corrected chi connectivity index (χ1v) is 5.48. The van der Waals surface area contributed by atoms with E-state index >= 15 is 0 Å². The lowest BCUT2D eigenvalue weighted by Gasteiger charge is -2.14. The summed E-state index contributed by atoms with van der Waals surface area (Å²) in [6, 6.07) is 5.36. The third-order valence-electron chi connectivity index (χ3n) is 2.49. The first-order chi connectivity index (χ1) is 8.50. The Balaban J connectivity index is 2.55. The van der Waals surface area contributed by atoms with Gasteiger partial charge in [-0.05, 0) is 12.5 Å². The van der Waals surface area contributed by atoms with Crippen LogP contribution in [0.5, 0.6) is 0 Å². The number of carbonyl (C=O) groups is 2. The molecule has 1 rings (SSSR count). The summed E-state index contributed by atoms with van der Waals surface area (Å²) < 4.78 is 13.3. The van der Waals surface area contributed by atoms with Crippen molar-refractivity contribution in [2.24, 2.45) is 5.73 Å². The molecule has 6 heteroatoms. The summed E-state index contributed by atoms with van der Waals surface area (Å²) in [4.78, 5) is 21.5. The maximum absolute atomic E-state index is 13.3. The molecule has 0 fully saturated rings. The molecule has 0 radical (unpaired) electrons. The van der Waals surface area contributed by atoms with Gasteiger partial charge < -0.3 is 16.2 Å². The van der Waals surface area contributed by atoms with Crippen LogP contribution in [0, 0.1) is 5.82 Å². The fraction of sp³-hybridized carbons (Fsp3) is 0.333. The van der Waals surface area contributed by atoms with Crippen molar-refractivity contribution >= 4 is 11.9 Å². The zero-order valence-corrected chi connectivity index (χ0v) is 9.73. The number of carboxylic acids is 1. The van der Waals surface area contributed by atoms with Crippen molar-refractivity contribution in [3.05, 3.63) is 35.6 Å². The molecule has 98 valence electrons. The van der Waals surface area contributed by atoms with Crippen molar-refractivity contribution in [2.45, 2.75) is 25.4 Å². The number of hydrogen-bond acceptors (Lipinski definition) is 3. The number of benzene rings is 1. The number of aliphatic carboxylic acids is 1. The Hall–Kier alpha value is -1.95. The van der Waals surface area contributed by atoms with Crippen molar-refractivity contribution in [1.82, 2.24) is 5.32 Å². The Morgan fingerprint density at radius 1 is 1.39 bits per heavy atom. The first kappa shape index (κ1) is 14.1. The van der Waals surface area contributed by atoms with Gasteiger partial charge in [-0.25, -0.2) is 4.39 Å². The predicted octanol–water partition coefficient (Wildman–Crippen LogP) is 0.634. The van der Waals surface area contributed by atoms with Gasteiger partial charge in [0.2, 0.25) is 5.91 Å². The summed E-state index contributed by atoms with van der Waals surface area (Å²) in [6.07, 6.45) is -0.0863. The molecular weight excluding hydrogens is 239 g/mol. The second-order valence-electron chi connectivity index (χ2n) is 3.86. The lowest BCUT2D eigenvalue weighted by Crippen LogP contribution is -2.41. The Morgan fingerprint density at radius 3 is 2.61 bits per heavy atom. The van der Waals surface area contributed by atoms with Crippen LogP contribution in [0.25, 0.3) is 0 Å². The van der Waals surface area contributed by atoms with Crippen molar-refractivity contribution in [3.8, 4) is 0 Å². The smallest absolute Gasteiger partial charge is 0.303 e. The predicted molar refractivity (Wildman–Crippen MR) is 63.1 cm³/mol. The van der Waals surface area contributed by atoms with E-state index in [1.807, 2.05) is 0 Å². The number of nitrogens with one attached hydrogen (secondary N) is 1. The highest BCUT2D eigenvalue weighted by Crippen LogP contribution is 2.07. The van der Waals surface area contributed by atoms with Gasteiger partial charge in [0.15, 0.2) is 0 Å². The molecule has 0 aliphatic rings. The van der Waals surface area contributed by atoms with Crippen LogP contribution in [0.15, 0.2) is 24.3 Å². The lowest BCUT2D eigenvalue weighted by molar-refractivity contribution is -0.137. The van der Waals surface area contributed by atoms with E-state index in [2.05, 4.69) is 5.32 Å². The minimum absolute atomic E-state index is 0.0825. The summed E-state index contributed by atoms with van der Waals surface area (Å²) in [6.45, 7) is 0.125. The highest BCUT2D eigenvalue weighted by atomic mass is 19.1. The zero-order chi connectivity index (χ0) is 13.5. The van der Waals surface area contributed by atoms with Gasteiger partial charge in [-0.3, -0.25) is 9.59 Å². The molecule has 0 bridgehead atoms. The lowest BCUT2D eigenvalue weighted by atomic mass is 10.1. The average Bonchev–Trinajstić information content (AvgIpc) is 2.30. The number of amides is 1. The molecule has 0 saturated carbocycles. The fourth-order valence-electron chi connectivity index (χ4n) is 1.49. The van der Waals surface area contributed by atoms with Crippen LogP contribution in [0.4, 0.5) is 4.39 Å². The molecular formula is C12H15FN2O3. The van der Waals surface area contributed by atoms with E-state index < -0.39 is 17.9 Å². The minimum atomic E-state index is -1.01. The molecule has 0 aliphatic heterocycles. The summed E-state index contributed by atoms with van der Waals surface area (Å²) in [5.41, 5.74) is 5.54. The zero-order valence-electron chi connectivity index (χ0n) is 9.73. The highest BCUT2D eigenvalue weighted by Gasteiger charge is 2.16. The highest BCUT2D eigenvalue weighted by molar-refractivity contribution is 5.80. The number of hydrogen-bond donors (Lipinski definition) is 3. The molecule has 0 aromatic heterocycles. The second kappa shape index (κ2) is 6.70. The van der Waals surface area contributed by atoms with Crippen molar-refractivity contribution in [2.75, 3.05) is 0 Å². The third kappa shape index (κ3) is 4.50. The molecule has 0 aliphatic carbocycles. The van der Waals surface area contributed by atoms with E-state index in [0.29, 0.717) is 5.56 Å². The Kier molecular flexibility index (Phi) is 5.26. The Bertz CT molecular complexity index is 437. The van der Waals surface area contributed by atoms with E-state index in [9.17, 15) is 14.0 Å². The molecule has 5 nitrogen and oxygen atoms in total. The second-order valence-corrected chi connectivity index (χ2v) is 3.86. The molecule has 0 unspecified atom stereocenters. The minimum Gasteiger partial charge on any atom is -0.481 e. The molecule has 0 saturated heterocycles. The summed E-state index contributed by atoms with van der Waals surface area (Å²) in [7, 11) is 0. The van der Waals surface area contributed by atoms with E-state index in [0.717, 1.165) is 0 Å². The van der Waals surface area contributed by atoms with Gasteiger partial charge in [0, 0.05) is 18.5 Å². The average molecular weight is 254 g/mol. The molecule has 1 atom stereocenters. The van der Waals surface area contributed by atoms with Crippen LogP contribution in [-0.4, -0.2) is 23.0 Å². The molecule has 18 heavy (non-hydrogen) atoms. The molecule has 0 spiro atoms. The first-order valence-electron chi connectivity index (χ1n) is 5.48. The van der Waals surface area contributed by atoms with Gasteiger partial charge in [-0.1, -0.05) is 18.2 Å². The van der Waals surface area contributed by atoms with Gasteiger partial charge >= 0.3 is 5.97 Å². The summed E-state index contributed by atoms with van der Waals surface area (Å²) >= 11 is 0. The summed E-state index contributed by atoms with van der Waals surface area (Å²) in [5.74, 6) is -2.03. The van der Waals surface area contributed by atoms with Crippen LogP contribution in [0.3, 0.4) is 0 Å². The van der Waals surface area contributed by atoms with Gasteiger partial charge in [0.25, 0.3) is 0 Å². The molecule has 4 N–H and O–H groups in total. The van der Waals surface area contributed by atoms with Gasteiger partial charge in [0.05, 0.1) is 6.04 Å². The standard InChI is InChI=1S/C12H15FN2O3/c13-9-4-2-1-3-8(9)7-15-10(12(14)18)5-6-11(16)17/h1-4,10,15H,5-7H2,(H2,14,18)(H,16,17)/t10-/m0/s1. The quantitative estimate of drug-likeness (QED) is 0.665.